The predicted octanol–water partition coefficient (Wildman–Crippen LogP) is 3.21. The molecule has 4 nitrogen and oxygen atoms in total. The van der Waals surface area contributed by atoms with E-state index in [0.717, 1.165) is 16.5 Å². The SMILES string of the molecule is CC(Oc1ccnc2c(C(C)C)cccc12)C(=O)O. The molecule has 1 aromatic carbocycles. The van der Waals surface area contributed by atoms with Gasteiger partial charge in [0.25, 0.3) is 0 Å². The number of carboxylic acid groups (broad SMARTS) is 1. The Morgan fingerprint density at radius 1 is 1.26 bits per heavy atom. The molecular weight excluding hydrogens is 242 g/mol. The highest BCUT2D eigenvalue weighted by atomic mass is 16.5. The molecule has 0 amide bonds. The van der Waals surface area contributed by atoms with E-state index in [1.54, 1.807) is 12.3 Å². The normalized spacial score (nSPS) is 12.6. The summed E-state index contributed by atoms with van der Waals surface area (Å²) in [6.07, 6.45) is 0.770. The Bertz CT molecular complexity index is 607. The summed E-state index contributed by atoms with van der Waals surface area (Å²) in [7, 11) is 0. The van der Waals surface area contributed by atoms with Crippen molar-refractivity contribution in [3.63, 3.8) is 0 Å². The number of hydrogen-bond acceptors (Lipinski definition) is 3. The van der Waals surface area contributed by atoms with Crippen LogP contribution in [0.2, 0.25) is 0 Å². The molecule has 100 valence electrons. The Labute approximate surface area is 112 Å². The van der Waals surface area contributed by atoms with E-state index in [1.807, 2.05) is 18.2 Å². The third kappa shape index (κ3) is 2.67. The zero-order valence-electron chi connectivity index (χ0n) is 11.3. The van der Waals surface area contributed by atoms with E-state index in [4.69, 9.17) is 9.84 Å². The summed E-state index contributed by atoms with van der Waals surface area (Å²) in [4.78, 5) is 15.3. The summed E-state index contributed by atoms with van der Waals surface area (Å²) >= 11 is 0. The lowest BCUT2D eigenvalue weighted by Gasteiger charge is -2.14. The molecule has 4 heteroatoms. The van der Waals surface area contributed by atoms with E-state index in [-0.39, 0.29) is 0 Å². The van der Waals surface area contributed by atoms with Crippen LogP contribution in [0.1, 0.15) is 32.3 Å². The van der Waals surface area contributed by atoms with Crippen molar-refractivity contribution in [2.45, 2.75) is 32.8 Å². The lowest BCUT2D eigenvalue weighted by Crippen LogP contribution is -2.23. The number of benzene rings is 1. The van der Waals surface area contributed by atoms with Gasteiger partial charge in [-0.2, -0.15) is 0 Å². The van der Waals surface area contributed by atoms with Crippen molar-refractivity contribution in [2.75, 3.05) is 0 Å². The molecule has 19 heavy (non-hydrogen) atoms. The minimum atomic E-state index is -0.982. The number of aliphatic carboxylic acids is 1. The third-order valence-electron chi connectivity index (χ3n) is 3.04. The number of fused-ring (bicyclic) bond motifs is 1. The molecule has 0 aliphatic rings. The summed E-state index contributed by atoms with van der Waals surface area (Å²) in [5.41, 5.74) is 2.00. The Morgan fingerprint density at radius 2 is 2.00 bits per heavy atom. The van der Waals surface area contributed by atoms with E-state index >= 15 is 0 Å². The van der Waals surface area contributed by atoms with E-state index in [9.17, 15) is 4.79 Å². The zero-order chi connectivity index (χ0) is 14.0. The first kappa shape index (κ1) is 13.3. The second-order valence-electron chi connectivity index (χ2n) is 4.81. The Balaban J connectivity index is 2.52. The monoisotopic (exact) mass is 259 g/mol. The van der Waals surface area contributed by atoms with Crippen LogP contribution in [0.4, 0.5) is 0 Å². The van der Waals surface area contributed by atoms with Crippen molar-refractivity contribution < 1.29 is 14.6 Å². The summed E-state index contributed by atoms with van der Waals surface area (Å²) in [5.74, 6) is -0.0734. The molecule has 0 aliphatic heterocycles. The smallest absolute Gasteiger partial charge is 0.344 e. The van der Waals surface area contributed by atoms with Gasteiger partial charge in [-0.3, -0.25) is 4.98 Å². The Morgan fingerprint density at radius 3 is 2.63 bits per heavy atom. The maximum Gasteiger partial charge on any atom is 0.344 e. The van der Waals surface area contributed by atoms with Gasteiger partial charge in [0.2, 0.25) is 0 Å². The first-order valence-corrected chi connectivity index (χ1v) is 6.27. The molecule has 0 saturated carbocycles. The van der Waals surface area contributed by atoms with Crippen LogP contribution in [-0.2, 0) is 4.79 Å². The third-order valence-corrected chi connectivity index (χ3v) is 3.04. The minimum absolute atomic E-state index is 0.350. The van der Waals surface area contributed by atoms with Gasteiger partial charge >= 0.3 is 5.97 Å². The molecule has 2 rings (SSSR count). The molecule has 1 aromatic heterocycles. The topological polar surface area (TPSA) is 59.4 Å². The number of rotatable bonds is 4. The Hall–Kier alpha value is -2.10. The van der Waals surface area contributed by atoms with Gasteiger partial charge in [0.1, 0.15) is 5.75 Å². The van der Waals surface area contributed by atoms with Gasteiger partial charge in [0.15, 0.2) is 6.10 Å². The average Bonchev–Trinajstić information content (AvgIpc) is 2.38. The van der Waals surface area contributed by atoms with Crippen molar-refractivity contribution in [3.05, 3.63) is 36.0 Å². The summed E-state index contributed by atoms with van der Waals surface area (Å²) in [5, 5.41) is 9.77. The van der Waals surface area contributed by atoms with Gasteiger partial charge in [-0.1, -0.05) is 26.0 Å². The van der Waals surface area contributed by atoms with Crippen molar-refractivity contribution in [2.24, 2.45) is 0 Å². The molecule has 0 saturated heterocycles. The molecule has 2 aromatic rings. The highest BCUT2D eigenvalue weighted by Gasteiger charge is 2.15. The standard InChI is InChI=1S/C15H17NO3/c1-9(2)11-5-4-6-12-13(7-8-16-14(11)12)19-10(3)15(17)18/h4-10H,1-3H3,(H,17,18). The minimum Gasteiger partial charge on any atom is -0.479 e. The fraction of sp³-hybridized carbons (Fsp3) is 0.333. The quantitative estimate of drug-likeness (QED) is 0.915. The van der Waals surface area contributed by atoms with Crippen LogP contribution in [0.3, 0.4) is 0 Å². The number of carboxylic acids is 1. The van der Waals surface area contributed by atoms with Gasteiger partial charge in [0.05, 0.1) is 5.52 Å². The van der Waals surface area contributed by atoms with Gasteiger partial charge < -0.3 is 9.84 Å². The van der Waals surface area contributed by atoms with Crippen LogP contribution in [-0.4, -0.2) is 22.2 Å². The molecule has 0 fully saturated rings. The molecule has 1 atom stereocenters. The van der Waals surface area contributed by atoms with Gasteiger partial charge in [-0.25, -0.2) is 4.79 Å². The van der Waals surface area contributed by atoms with Crippen molar-refractivity contribution in [1.29, 1.82) is 0 Å². The lowest BCUT2D eigenvalue weighted by molar-refractivity contribution is -0.144. The molecule has 1 N–H and O–H groups in total. The molecular formula is C15H17NO3. The van der Waals surface area contributed by atoms with Crippen LogP contribution >= 0.6 is 0 Å². The number of carbonyl (C=O) groups is 1. The van der Waals surface area contributed by atoms with Crippen molar-refractivity contribution in [1.82, 2.24) is 4.98 Å². The average molecular weight is 259 g/mol. The van der Waals surface area contributed by atoms with E-state index < -0.39 is 12.1 Å². The highest BCUT2D eigenvalue weighted by molar-refractivity contribution is 5.88. The van der Waals surface area contributed by atoms with E-state index in [1.165, 1.54) is 6.92 Å². The number of para-hydroxylation sites is 1. The highest BCUT2D eigenvalue weighted by Crippen LogP contribution is 2.30. The fourth-order valence-electron chi connectivity index (χ4n) is 1.98. The first-order valence-electron chi connectivity index (χ1n) is 6.27. The molecule has 0 spiro atoms. The van der Waals surface area contributed by atoms with Crippen LogP contribution < -0.4 is 4.74 Å². The maximum absolute atomic E-state index is 10.9. The molecule has 0 bridgehead atoms. The maximum atomic E-state index is 10.9. The zero-order valence-corrected chi connectivity index (χ0v) is 11.3. The number of aromatic nitrogens is 1. The number of nitrogens with zero attached hydrogens (tertiary/aromatic N) is 1. The van der Waals surface area contributed by atoms with Crippen LogP contribution in [0.15, 0.2) is 30.5 Å². The second-order valence-corrected chi connectivity index (χ2v) is 4.81. The van der Waals surface area contributed by atoms with Crippen LogP contribution in [0.5, 0.6) is 5.75 Å². The van der Waals surface area contributed by atoms with Crippen LogP contribution in [0, 0.1) is 0 Å². The number of ether oxygens (including phenoxy) is 1. The largest absolute Gasteiger partial charge is 0.479 e. The number of pyridine rings is 1. The van der Waals surface area contributed by atoms with E-state index in [0.29, 0.717) is 11.7 Å². The summed E-state index contributed by atoms with van der Waals surface area (Å²) in [6.45, 7) is 5.72. The first-order chi connectivity index (χ1) is 9.00. The molecule has 1 unspecified atom stereocenters. The number of hydrogen-bond donors (Lipinski definition) is 1. The van der Waals surface area contributed by atoms with Gasteiger partial charge in [0, 0.05) is 11.6 Å². The van der Waals surface area contributed by atoms with Crippen molar-refractivity contribution >= 4 is 16.9 Å². The van der Waals surface area contributed by atoms with E-state index in [2.05, 4.69) is 18.8 Å². The van der Waals surface area contributed by atoms with Gasteiger partial charge in [-0.05, 0) is 30.5 Å². The van der Waals surface area contributed by atoms with Crippen LogP contribution in [0.25, 0.3) is 10.9 Å². The summed E-state index contributed by atoms with van der Waals surface area (Å²) in [6, 6.07) is 7.58. The molecule has 0 aliphatic carbocycles. The fourth-order valence-corrected chi connectivity index (χ4v) is 1.98. The van der Waals surface area contributed by atoms with Gasteiger partial charge in [-0.15, -0.1) is 0 Å². The molecule has 1 heterocycles. The van der Waals surface area contributed by atoms with Crippen molar-refractivity contribution in [3.8, 4) is 5.75 Å². The lowest BCUT2D eigenvalue weighted by atomic mass is 9.99. The molecule has 0 radical (unpaired) electrons. The second kappa shape index (κ2) is 5.26. The summed E-state index contributed by atoms with van der Waals surface area (Å²) < 4.78 is 5.48. The Kier molecular flexibility index (Phi) is 3.69. The predicted molar refractivity (Wildman–Crippen MR) is 73.6 cm³/mol.